The predicted molar refractivity (Wildman–Crippen MR) is 90.3 cm³/mol. The maximum absolute atomic E-state index is 13.1. The van der Waals surface area contributed by atoms with Crippen LogP contribution < -0.4 is 0 Å². The molecule has 2 aromatic carbocycles. The minimum atomic E-state index is -1.18. The van der Waals surface area contributed by atoms with Crippen LogP contribution in [0.2, 0.25) is 0 Å². The Hall–Kier alpha value is -2.17. The smallest absolute Gasteiger partial charge is 0.350 e. The second kappa shape index (κ2) is 5.72. The largest absolute Gasteiger partial charge is 0.430 e. The molecule has 4 rings (SSSR count). The topological polar surface area (TPSA) is 38.8 Å². The van der Waals surface area contributed by atoms with E-state index in [1.807, 2.05) is 60.7 Å². The van der Waals surface area contributed by atoms with Crippen LogP contribution in [0.5, 0.6) is 0 Å². The van der Waals surface area contributed by atoms with Crippen LogP contribution in [-0.2, 0) is 19.9 Å². The first-order valence-corrected chi connectivity index (χ1v) is 8.38. The highest BCUT2D eigenvalue weighted by Crippen LogP contribution is 2.48. The number of piperidine rings is 1. The molecule has 0 unspecified atom stereocenters. The molecule has 0 bridgehead atoms. The second-order valence-corrected chi connectivity index (χ2v) is 6.62. The van der Waals surface area contributed by atoms with Crippen LogP contribution >= 0.6 is 0 Å². The molecule has 0 atom stereocenters. The zero-order valence-corrected chi connectivity index (χ0v) is 13.8. The van der Waals surface area contributed by atoms with E-state index in [4.69, 9.17) is 9.47 Å². The Labute approximate surface area is 142 Å². The van der Waals surface area contributed by atoms with Gasteiger partial charge in [-0.05, 0) is 18.2 Å². The van der Waals surface area contributed by atoms with E-state index in [1.165, 1.54) is 0 Å². The van der Waals surface area contributed by atoms with Crippen molar-refractivity contribution in [1.82, 2.24) is 4.90 Å². The molecule has 0 aliphatic carbocycles. The van der Waals surface area contributed by atoms with Gasteiger partial charge in [0.15, 0.2) is 0 Å². The van der Waals surface area contributed by atoms with Gasteiger partial charge >= 0.3 is 5.97 Å². The highest BCUT2D eigenvalue weighted by atomic mass is 16.8. The van der Waals surface area contributed by atoms with Crippen molar-refractivity contribution >= 4 is 5.97 Å². The maximum Gasteiger partial charge on any atom is 0.350 e. The van der Waals surface area contributed by atoms with E-state index in [2.05, 4.69) is 11.9 Å². The Bertz CT molecular complexity index is 682. The van der Waals surface area contributed by atoms with Gasteiger partial charge in [-0.2, -0.15) is 0 Å². The van der Waals surface area contributed by atoms with Gasteiger partial charge in [-0.3, -0.25) is 0 Å². The van der Waals surface area contributed by atoms with Gasteiger partial charge < -0.3 is 14.4 Å². The van der Waals surface area contributed by atoms with Gasteiger partial charge in [-0.1, -0.05) is 60.7 Å². The fourth-order valence-electron chi connectivity index (χ4n) is 3.61. The Morgan fingerprint density at radius 1 is 0.875 bits per heavy atom. The van der Waals surface area contributed by atoms with Crippen LogP contribution in [0.25, 0.3) is 0 Å². The number of hydrogen-bond donors (Lipinski definition) is 0. The molecule has 2 saturated heterocycles. The van der Waals surface area contributed by atoms with E-state index in [0.717, 1.165) is 24.2 Å². The van der Waals surface area contributed by atoms with Crippen molar-refractivity contribution in [2.24, 2.45) is 0 Å². The fourth-order valence-corrected chi connectivity index (χ4v) is 3.61. The lowest BCUT2D eigenvalue weighted by molar-refractivity contribution is -0.206. The van der Waals surface area contributed by atoms with Crippen LogP contribution in [0.3, 0.4) is 0 Å². The number of benzene rings is 2. The Morgan fingerprint density at radius 2 is 1.38 bits per heavy atom. The molecule has 2 fully saturated rings. The zero-order valence-electron chi connectivity index (χ0n) is 13.8. The summed E-state index contributed by atoms with van der Waals surface area (Å²) in [5.74, 6) is -1.14. The van der Waals surface area contributed by atoms with Gasteiger partial charge in [-0.15, -0.1) is 0 Å². The van der Waals surface area contributed by atoms with E-state index >= 15 is 0 Å². The first-order chi connectivity index (χ1) is 11.6. The average Bonchev–Trinajstić information content (AvgIpc) is 2.93. The van der Waals surface area contributed by atoms with Gasteiger partial charge in [0.05, 0.1) is 0 Å². The molecule has 4 nitrogen and oxygen atoms in total. The third-order valence-corrected chi connectivity index (χ3v) is 5.01. The number of hydrogen-bond acceptors (Lipinski definition) is 4. The summed E-state index contributed by atoms with van der Waals surface area (Å²) in [4.78, 5) is 15.3. The lowest BCUT2D eigenvalue weighted by atomic mass is 9.86. The van der Waals surface area contributed by atoms with Crippen LogP contribution in [-0.4, -0.2) is 36.8 Å². The number of esters is 1. The molecule has 2 aromatic rings. The first-order valence-electron chi connectivity index (χ1n) is 8.38. The number of carbonyl (C=O) groups is 1. The molecule has 2 aliphatic rings. The quantitative estimate of drug-likeness (QED) is 0.797. The van der Waals surface area contributed by atoms with Crippen molar-refractivity contribution in [3.05, 3.63) is 71.8 Å². The summed E-state index contributed by atoms with van der Waals surface area (Å²) in [5.41, 5.74) is 0.451. The third kappa shape index (κ3) is 2.34. The van der Waals surface area contributed by atoms with E-state index in [1.54, 1.807) is 0 Å². The SMILES string of the molecule is CN1CCC2(CC1)OC(=O)C(c1ccccc1)(c1ccccc1)O2. The molecule has 0 aromatic heterocycles. The molecule has 0 saturated carbocycles. The van der Waals surface area contributed by atoms with Gasteiger partial charge in [-0.25, -0.2) is 4.79 Å². The van der Waals surface area contributed by atoms with Crippen molar-refractivity contribution < 1.29 is 14.3 Å². The number of rotatable bonds is 2. The average molecular weight is 323 g/mol. The van der Waals surface area contributed by atoms with Gasteiger partial charge in [0.25, 0.3) is 0 Å². The maximum atomic E-state index is 13.1. The second-order valence-electron chi connectivity index (χ2n) is 6.62. The summed E-state index contributed by atoms with van der Waals surface area (Å²) in [7, 11) is 2.07. The number of carbonyl (C=O) groups excluding carboxylic acids is 1. The summed E-state index contributed by atoms with van der Waals surface area (Å²) in [5, 5.41) is 0. The minimum absolute atomic E-state index is 0.315. The number of ether oxygens (including phenoxy) is 2. The highest BCUT2D eigenvalue weighted by molar-refractivity contribution is 5.87. The lowest BCUT2D eigenvalue weighted by Gasteiger charge is -2.36. The van der Waals surface area contributed by atoms with Crippen LogP contribution in [0.4, 0.5) is 0 Å². The molecule has 1 spiro atoms. The molecule has 2 aliphatic heterocycles. The molecular weight excluding hydrogens is 302 g/mol. The van der Waals surface area contributed by atoms with Crippen molar-refractivity contribution in [1.29, 1.82) is 0 Å². The minimum Gasteiger partial charge on any atom is -0.430 e. The summed E-state index contributed by atoms with van der Waals surface area (Å²) >= 11 is 0. The molecule has 0 amide bonds. The first kappa shape index (κ1) is 15.4. The van der Waals surface area contributed by atoms with E-state index in [-0.39, 0.29) is 5.97 Å². The number of nitrogens with zero attached hydrogens (tertiary/aromatic N) is 1. The third-order valence-electron chi connectivity index (χ3n) is 5.01. The molecule has 4 heteroatoms. The standard InChI is InChI=1S/C20H21NO3/c1-21-14-12-19(13-15-21)23-18(22)20(24-19,16-8-4-2-5-9-16)17-10-6-3-7-11-17/h2-11H,12-15H2,1H3. The van der Waals surface area contributed by atoms with E-state index < -0.39 is 11.4 Å². The fraction of sp³-hybridized carbons (Fsp3) is 0.350. The zero-order chi connectivity index (χ0) is 16.6. The Kier molecular flexibility index (Phi) is 3.66. The molecule has 0 N–H and O–H groups in total. The van der Waals surface area contributed by atoms with Gasteiger partial charge in [0.1, 0.15) is 0 Å². The highest BCUT2D eigenvalue weighted by Gasteiger charge is 2.60. The van der Waals surface area contributed by atoms with E-state index in [9.17, 15) is 4.79 Å². The Balaban J connectivity index is 1.82. The normalized spacial score (nSPS) is 22.5. The summed E-state index contributed by atoms with van der Waals surface area (Å²) in [6, 6.07) is 19.3. The summed E-state index contributed by atoms with van der Waals surface area (Å²) in [6.45, 7) is 1.71. The van der Waals surface area contributed by atoms with Crippen LogP contribution in [0.15, 0.2) is 60.7 Å². The van der Waals surface area contributed by atoms with Crippen molar-refractivity contribution in [3.63, 3.8) is 0 Å². The lowest BCUT2D eigenvalue weighted by Crippen LogP contribution is -2.45. The molecule has 124 valence electrons. The monoisotopic (exact) mass is 323 g/mol. The van der Waals surface area contributed by atoms with Crippen molar-refractivity contribution in [3.8, 4) is 0 Å². The van der Waals surface area contributed by atoms with Crippen LogP contribution in [0, 0.1) is 0 Å². The summed E-state index contributed by atoms with van der Waals surface area (Å²) < 4.78 is 12.4. The van der Waals surface area contributed by atoms with E-state index in [0.29, 0.717) is 12.8 Å². The van der Waals surface area contributed by atoms with Gasteiger partial charge in [0, 0.05) is 25.9 Å². The van der Waals surface area contributed by atoms with Crippen LogP contribution in [0.1, 0.15) is 24.0 Å². The molecular formula is C20H21NO3. The van der Waals surface area contributed by atoms with Gasteiger partial charge in [0.2, 0.25) is 11.4 Å². The summed E-state index contributed by atoms with van der Waals surface area (Å²) in [6.07, 6.45) is 1.38. The number of likely N-dealkylation sites (tertiary alicyclic amines) is 1. The molecule has 0 radical (unpaired) electrons. The van der Waals surface area contributed by atoms with Crippen molar-refractivity contribution in [2.45, 2.75) is 24.2 Å². The molecule has 2 heterocycles. The molecule has 24 heavy (non-hydrogen) atoms. The van der Waals surface area contributed by atoms with Crippen molar-refractivity contribution in [2.75, 3.05) is 20.1 Å². The predicted octanol–water partition coefficient (Wildman–Crippen LogP) is 2.93. The Morgan fingerprint density at radius 3 is 1.88 bits per heavy atom.